The van der Waals surface area contributed by atoms with Crippen LogP contribution in [0.15, 0.2) is 35.1 Å². The third-order valence-electron chi connectivity index (χ3n) is 2.67. The van der Waals surface area contributed by atoms with E-state index in [9.17, 15) is 14.7 Å². The molecule has 0 bridgehead atoms. The Bertz CT molecular complexity index is 709. The Morgan fingerprint density at radius 2 is 2.10 bits per heavy atom. The molecule has 0 radical (unpaired) electrons. The molecule has 0 saturated heterocycles. The zero-order valence-corrected chi connectivity index (χ0v) is 11.0. The molecule has 1 amide bonds. The third-order valence-corrected chi connectivity index (χ3v) is 2.67. The van der Waals surface area contributed by atoms with Gasteiger partial charge in [-0.1, -0.05) is 12.1 Å². The van der Waals surface area contributed by atoms with Gasteiger partial charge in [0.2, 0.25) is 0 Å². The lowest BCUT2D eigenvalue weighted by Crippen LogP contribution is -2.27. The van der Waals surface area contributed by atoms with Crippen LogP contribution in [0.3, 0.4) is 0 Å². The molecule has 20 heavy (non-hydrogen) atoms. The highest BCUT2D eigenvalue weighted by Crippen LogP contribution is 2.21. The van der Waals surface area contributed by atoms with Crippen molar-refractivity contribution in [1.29, 1.82) is 0 Å². The standard InChI is InChI=1S/C13H13N3O4/c1-14-13(19)12-9(17)7-11(18)16(15-12)8-5-3-4-6-10(8)20-2/h3-7,17H,1-2H3,(H,14,19). The molecule has 2 rings (SSSR count). The molecule has 0 aliphatic heterocycles. The maximum atomic E-state index is 11.9. The van der Waals surface area contributed by atoms with Gasteiger partial charge in [0.15, 0.2) is 11.4 Å². The average molecular weight is 275 g/mol. The van der Waals surface area contributed by atoms with Crippen LogP contribution in [0.5, 0.6) is 11.5 Å². The van der Waals surface area contributed by atoms with Gasteiger partial charge < -0.3 is 15.2 Å². The molecule has 7 nitrogen and oxygen atoms in total. The molecule has 1 aromatic heterocycles. The van der Waals surface area contributed by atoms with E-state index in [4.69, 9.17) is 4.74 Å². The van der Waals surface area contributed by atoms with E-state index in [1.807, 2.05) is 0 Å². The van der Waals surface area contributed by atoms with Crippen molar-refractivity contribution in [3.8, 4) is 17.2 Å². The first kappa shape index (κ1) is 13.6. The van der Waals surface area contributed by atoms with Crippen LogP contribution < -0.4 is 15.6 Å². The molecule has 2 N–H and O–H groups in total. The molecule has 0 saturated carbocycles. The number of carbonyl (C=O) groups excluding carboxylic acids is 1. The zero-order valence-electron chi connectivity index (χ0n) is 11.0. The largest absolute Gasteiger partial charge is 0.505 e. The first-order valence-electron chi connectivity index (χ1n) is 5.77. The summed E-state index contributed by atoms with van der Waals surface area (Å²) in [5.74, 6) is -0.637. The fourth-order valence-corrected chi connectivity index (χ4v) is 1.70. The smallest absolute Gasteiger partial charge is 0.275 e. The summed E-state index contributed by atoms with van der Waals surface area (Å²) in [6, 6.07) is 7.67. The van der Waals surface area contributed by atoms with Crippen LogP contribution in [0, 0.1) is 0 Å². The van der Waals surface area contributed by atoms with Crippen LogP contribution in [-0.4, -0.2) is 35.0 Å². The normalized spacial score (nSPS) is 10.1. The number of rotatable bonds is 3. The first-order valence-corrected chi connectivity index (χ1v) is 5.77. The number of hydrogen-bond donors (Lipinski definition) is 2. The van der Waals surface area contributed by atoms with Gasteiger partial charge in [-0.25, -0.2) is 0 Å². The monoisotopic (exact) mass is 275 g/mol. The predicted octanol–water partition coefficient (Wildman–Crippen LogP) is 0.306. The molecule has 1 aromatic carbocycles. The molecule has 0 atom stereocenters. The van der Waals surface area contributed by atoms with Gasteiger partial charge in [-0.15, -0.1) is 0 Å². The number of para-hydroxylation sites is 2. The van der Waals surface area contributed by atoms with Crippen molar-refractivity contribution in [1.82, 2.24) is 15.1 Å². The number of hydrogen-bond acceptors (Lipinski definition) is 5. The molecule has 0 spiro atoms. The van der Waals surface area contributed by atoms with Crippen molar-refractivity contribution in [2.75, 3.05) is 14.2 Å². The number of aromatic hydroxyl groups is 1. The van der Waals surface area contributed by atoms with Gasteiger partial charge in [-0.05, 0) is 12.1 Å². The highest BCUT2D eigenvalue weighted by Gasteiger charge is 2.16. The number of benzene rings is 1. The predicted molar refractivity (Wildman–Crippen MR) is 71.4 cm³/mol. The molecule has 104 valence electrons. The molecular formula is C13H13N3O4. The van der Waals surface area contributed by atoms with Crippen molar-refractivity contribution in [3.05, 3.63) is 46.4 Å². The van der Waals surface area contributed by atoms with Crippen molar-refractivity contribution in [3.63, 3.8) is 0 Å². The fourth-order valence-electron chi connectivity index (χ4n) is 1.70. The summed E-state index contributed by atoms with van der Waals surface area (Å²) in [6.07, 6.45) is 0. The van der Waals surface area contributed by atoms with Crippen molar-refractivity contribution < 1.29 is 14.6 Å². The lowest BCUT2D eigenvalue weighted by molar-refractivity contribution is 0.0953. The summed E-state index contributed by atoms with van der Waals surface area (Å²) in [4.78, 5) is 23.5. The Hall–Kier alpha value is -2.83. The van der Waals surface area contributed by atoms with Crippen LogP contribution in [0.25, 0.3) is 5.69 Å². The van der Waals surface area contributed by atoms with Gasteiger partial charge in [0.05, 0.1) is 7.11 Å². The van der Waals surface area contributed by atoms with Crippen molar-refractivity contribution in [2.24, 2.45) is 0 Å². The van der Waals surface area contributed by atoms with E-state index in [2.05, 4.69) is 10.4 Å². The second-order valence-electron chi connectivity index (χ2n) is 3.88. The van der Waals surface area contributed by atoms with Gasteiger partial charge in [-0.2, -0.15) is 9.78 Å². The Labute approximate surface area is 114 Å². The molecule has 0 aliphatic carbocycles. The lowest BCUT2D eigenvalue weighted by Gasteiger charge is -2.11. The summed E-state index contributed by atoms with van der Waals surface area (Å²) in [5, 5.41) is 15.8. The van der Waals surface area contributed by atoms with Gasteiger partial charge in [0.25, 0.3) is 11.5 Å². The molecule has 2 aromatic rings. The van der Waals surface area contributed by atoms with Crippen LogP contribution >= 0.6 is 0 Å². The molecule has 7 heteroatoms. The first-order chi connectivity index (χ1) is 9.58. The second kappa shape index (κ2) is 5.43. The number of nitrogens with one attached hydrogen (secondary N) is 1. The molecule has 0 fully saturated rings. The van der Waals surface area contributed by atoms with Gasteiger partial charge >= 0.3 is 0 Å². The van der Waals surface area contributed by atoms with Crippen molar-refractivity contribution >= 4 is 5.91 Å². The Kier molecular flexibility index (Phi) is 3.69. The average Bonchev–Trinajstić information content (AvgIpc) is 2.46. The van der Waals surface area contributed by atoms with E-state index in [1.54, 1.807) is 24.3 Å². The Morgan fingerprint density at radius 1 is 1.40 bits per heavy atom. The molecule has 0 aliphatic rings. The minimum Gasteiger partial charge on any atom is -0.505 e. The number of aromatic nitrogens is 2. The number of nitrogens with zero attached hydrogens (tertiary/aromatic N) is 2. The highest BCUT2D eigenvalue weighted by molar-refractivity contribution is 5.94. The van der Waals surface area contributed by atoms with Gasteiger partial charge in [-0.3, -0.25) is 9.59 Å². The molecule has 0 unspecified atom stereocenters. The van der Waals surface area contributed by atoms with E-state index in [0.717, 1.165) is 10.7 Å². The SMILES string of the molecule is CNC(=O)c1nn(-c2ccccc2OC)c(=O)cc1O. The molecule has 1 heterocycles. The summed E-state index contributed by atoms with van der Waals surface area (Å²) < 4.78 is 6.15. The maximum Gasteiger partial charge on any atom is 0.275 e. The quantitative estimate of drug-likeness (QED) is 0.840. The Balaban J connectivity index is 2.68. The minimum absolute atomic E-state index is 0.238. The van der Waals surface area contributed by atoms with Crippen LogP contribution in [0.1, 0.15) is 10.5 Å². The molecular weight excluding hydrogens is 262 g/mol. The summed E-state index contributed by atoms with van der Waals surface area (Å²) in [5.41, 5.74) is -0.428. The van der Waals surface area contributed by atoms with Crippen LogP contribution in [0.2, 0.25) is 0 Å². The van der Waals surface area contributed by atoms with E-state index in [-0.39, 0.29) is 5.69 Å². The zero-order chi connectivity index (χ0) is 14.7. The number of amides is 1. The number of ether oxygens (including phenoxy) is 1. The highest BCUT2D eigenvalue weighted by atomic mass is 16.5. The topological polar surface area (TPSA) is 93.5 Å². The Morgan fingerprint density at radius 3 is 2.75 bits per heavy atom. The van der Waals surface area contributed by atoms with Crippen LogP contribution in [-0.2, 0) is 0 Å². The minimum atomic E-state index is -0.592. The fraction of sp³-hybridized carbons (Fsp3) is 0.154. The maximum absolute atomic E-state index is 11.9. The second-order valence-corrected chi connectivity index (χ2v) is 3.88. The summed E-state index contributed by atoms with van der Waals surface area (Å²) in [7, 11) is 2.87. The third kappa shape index (κ3) is 2.33. The summed E-state index contributed by atoms with van der Waals surface area (Å²) >= 11 is 0. The van der Waals surface area contributed by atoms with E-state index in [0.29, 0.717) is 11.4 Å². The number of methoxy groups -OCH3 is 1. The summed E-state index contributed by atoms with van der Waals surface area (Å²) in [6.45, 7) is 0. The van der Waals surface area contributed by atoms with Gasteiger partial charge in [0, 0.05) is 13.1 Å². The number of carbonyl (C=O) groups is 1. The van der Waals surface area contributed by atoms with E-state index < -0.39 is 17.2 Å². The van der Waals surface area contributed by atoms with Crippen molar-refractivity contribution in [2.45, 2.75) is 0 Å². The lowest BCUT2D eigenvalue weighted by atomic mass is 10.3. The van der Waals surface area contributed by atoms with Crippen LogP contribution in [0.4, 0.5) is 0 Å². The van der Waals surface area contributed by atoms with E-state index >= 15 is 0 Å². The van der Waals surface area contributed by atoms with Gasteiger partial charge in [0.1, 0.15) is 11.4 Å². The van der Waals surface area contributed by atoms with E-state index in [1.165, 1.54) is 14.2 Å².